The molecule has 8 heteroatoms. The summed E-state index contributed by atoms with van der Waals surface area (Å²) in [7, 11) is 1.53. The van der Waals surface area contributed by atoms with Gasteiger partial charge >= 0.3 is 0 Å². The van der Waals surface area contributed by atoms with Gasteiger partial charge in [0.25, 0.3) is 5.92 Å². The van der Waals surface area contributed by atoms with Crippen LogP contribution in [0.25, 0.3) is 11.1 Å². The summed E-state index contributed by atoms with van der Waals surface area (Å²) < 4.78 is 72.7. The fraction of sp³-hybridized carbons (Fsp3) is 0.333. The summed E-state index contributed by atoms with van der Waals surface area (Å²) >= 11 is 3.78. The van der Waals surface area contributed by atoms with Crippen molar-refractivity contribution in [2.75, 3.05) is 13.6 Å². The van der Waals surface area contributed by atoms with Crippen LogP contribution in [0.3, 0.4) is 0 Å². The fourth-order valence-electron chi connectivity index (χ4n) is 3.42. The van der Waals surface area contributed by atoms with Gasteiger partial charge in [-0.05, 0) is 25.1 Å². The highest BCUT2D eigenvalue weighted by atomic mass is 32.1. The highest BCUT2D eigenvalue weighted by molar-refractivity contribution is 7.78. The lowest BCUT2D eigenvalue weighted by atomic mass is 9.95. The third kappa shape index (κ3) is 3.33. The minimum absolute atomic E-state index is 0.0269. The Bertz CT molecular complexity index is 814. The zero-order valence-corrected chi connectivity index (χ0v) is 14.7. The first-order valence-electron chi connectivity index (χ1n) is 7.95. The number of likely N-dealkylation sites (tertiary alicyclic amines) is 1. The van der Waals surface area contributed by atoms with E-state index < -0.39 is 42.0 Å². The number of benzene rings is 2. The van der Waals surface area contributed by atoms with E-state index in [1.54, 1.807) is 0 Å². The number of hydrogen-bond donors (Lipinski definition) is 2. The van der Waals surface area contributed by atoms with Gasteiger partial charge < -0.3 is 0 Å². The summed E-state index contributed by atoms with van der Waals surface area (Å²) in [6, 6.07) is 5.82. The van der Waals surface area contributed by atoms with Crippen molar-refractivity contribution in [1.82, 2.24) is 9.62 Å². The minimum Gasteiger partial charge on any atom is -0.295 e. The molecule has 0 amide bonds. The summed E-state index contributed by atoms with van der Waals surface area (Å²) in [5.41, 5.74) is -0.171. The number of hydrogen-bond acceptors (Lipinski definition) is 3. The monoisotopic (exact) mass is 388 g/mol. The molecule has 0 radical (unpaired) electrons. The lowest BCUT2D eigenvalue weighted by Crippen LogP contribution is -2.45. The third-order valence-electron chi connectivity index (χ3n) is 4.75. The van der Waals surface area contributed by atoms with Crippen molar-refractivity contribution in [3.05, 3.63) is 59.4 Å². The molecule has 2 aromatic rings. The standard InChI is InChI=1S/C18H17F5N2S/c1-25-9-18(22,23)17(24-26)14(25)8-10-4-2-5-11(15(10)20)12-6-3-7-13(19)16(12)21/h2-7,14,17,24,26H,8-9H2,1H3. The van der Waals surface area contributed by atoms with Gasteiger partial charge in [0, 0.05) is 17.2 Å². The van der Waals surface area contributed by atoms with Gasteiger partial charge in [0.15, 0.2) is 11.6 Å². The molecule has 2 nitrogen and oxygen atoms in total. The highest BCUT2D eigenvalue weighted by Gasteiger charge is 2.52. The van der Waals surface area contributed by atoms with Gasteiger partial charge in [0.2, 0.25) is 0 Å². The zero-order valence-electron chi connectivity index (χ0n) is 13.8. The third-order valence-corrected chi connectivity index (χ3v) is 5.03. The second-order valence-electron chi connectivity index (χ2n) is 6.43. The predicted octanol–water partition coefficient (Wildman–Crippen LogP) is 4.07. The lowest BCUT2D eigenvalue weighted by molar-refractivity contribution is -0.00409. The molecule has 0 aromatic heterocycles. The van der Waals surface area contributed by atoms with Gasteiger partial charge in [-0.3, -0.25) is 9.62 Å². The second-order valence-corrected chi connectivity index (χ2v) is 6.69. The zero-order chi connectivity index (χ0) is 19.1. The molecule has 1 saturated heterocycles. The molecular weight excluding hydrogens is 371 g/mol. The van der Waals surface area contributed by atoms with Crippen molar-refractivity contribution in [2.24, 2.45) is 0 Å². The van der Waals surface area contributed by atoms with Gasteiger partial charge in [-0.25, -0.2) is 22.0 Å². The van der Waals surface area contributed by atoms with Crippen molar-refractivity contribution >= 4 is 12.8 Å². The molecule has 0 spiro atoms. The number of alkyl halides is 2. The molecule has 3 rings (SSSR count). The van der Waals surface area contributed by atoms with Crippen molar-refractivity contribution in [2.45, 2.75) is 24.4 Å². The number of nitrogens with zero attached hydrogens (tertiary/aromatic N) is 1. The van der Waals surface area contributed by atoms with E-state index in [4.69, 9.17) is 0 Å². The quantitative estimate of drug-likeness (QED) is 0.607. The molecule has 140 valence electrons. The van der Waals surface area contributed by atoms with Crippen molar-refractivity contribution < 1.29 is 22.0 Å². The van der Waals surface area contributed by atoms with Gasteiger partial charge in [-0.2, -0.15) is 0 Å². The number of halogens is 5. The van der Waals surface area contributed by atoms with Crippen molar-refractivity contribution in [3.8, 4) is 11.1 Å². The molecule has 26 heavy (non-hydrogen) atoms. The Labute approximate surface area is 153 Å². The van der Waals surface area contributed by atoms with Crippen LogP contribution in [-0.4, -0.2) is 36.5 Å². The Hall–Kier alpha value is -1.64. The minimum atomic E-state index is -3.01. The van der Waals surface area contributed by atoms with E-state index in [1.165, 1.54) is 42.3 Å². The maximum Gasteiger partial charge on any atom is 0.277 e. The van der Waals surface area contributed by atoms with E-state index in [1.807, 2.05) is 0 Å². The Balaban J connectivity index is 1.97. The van der Waals surface area contributed by atoms with Crippen LogP contribution in [0.5, 0.6) is 0 Å². The summed E-state index contributed by atoms with van der Waals surface area (Å²) in [6.07, 6.45) is -0.0269. The van der Waals surface area contributed by atoms with E-state index >= 15 is 0 Å². The average Bonchev–Trinajstić information content (AvgIpc) is 2.80. The Morgan fingerprint density at radius 2 is 1.69 bits per heavy atom. The van der Waals surface area contributed by atoms with Crippen LogP contribution < -0.4 is 4.72 Å². The number of rotatable bonds is 4. The first-order valence-corrected chi connectivity index (χ1v) is 8.40. The van der Waals surface area contributed by atoms with Crippen LogP contribution in [0.4, 0.5) is 22.0 Å². The van der Waals surface area contributed by atoms with Crippen LogP contribution in [-0.2, 0) is 6.42 Å². The second kappa shape index (κ2) is 7.17. The molecule has 1 heterocycles. The molecule has 0 bridgehead atoms. The Kier molecular flexibility index (Phi) is 5.28. The highest BCUT2D eigenvalue weighted by Crippen LogP contribution is 2.35. The van der Waals surface area contributed by atoms with Crippen molar-refractivity contribution in [3.63, 3.8) is 0 Å². The van der Waals surface area contributed by atoms with Crippen LogP contribution in [0.1, 0.15) is 5.56 Å². The van der Waals surface area contributed by atoms with E-state index in [-0.39, 0.29) is 23.1 Å². The fourth-order valence-corrected chi connectivity index (χ4v) is 3.78. The molecule has 1 aliphatic heterocycles. The maximum absolute atomic E-state index is 14.9. The molecule has 1 fully saturated rings. The molecule has 0 aliphatic carbocycles. The smallest absolute Gasteiger partial charge is 0.277 e. The topological polar surface area (TPSA) is 15.3 Å². The molecular formula is C18H17F5N2S. The van der Waals surface area contributed by atoms with Crippen LogP contribution in [0, 0.1) is 17.5 Å². The number of thiol groups is 1. The first kappa shape index (κ1) is 19.1. The summed E-state index contributed by atoms with van der Waals surface area (Å²) in [4.78, 5) is 1.43. The van der Waals surface area contributed by atoms with Gasteiger partial charge in [-0.1, -0.05) is 43.1 Å². The van der Waals surface area contributed by atoms with Gasteiger partial charge in [0.1, 0.15) is 5.82 Å². The maximum atomic E-state index is 14.9. The Morgan fingerprint density at radius 1 is 1.08 bits per heavy atom. The average molecular weight is 388 g/mol. The molecule has 2 atom stereocenters. The lowest BCUT2D eigenvalue weighted by Gasteiger charge is -2.25. The Morgan fingerprint density at radius 3 is 2.35 bits per heavy atom. The van der Waals surface area contributed by atoms with Crippen LogP contribution in [0.2, 0.25) is 0 Å². The normalized spacial score (nSPS) is 22.7. The summed E-state index contributed by atoms with van der Waals surface area (Å²) in [6.45, 7) is -0.476. The molecule has 0 saturated carbocycles. The largest absolute Gasteiger partial charge is 0.295 e. The molecule has 2 aromatic carbocycles. The summed E-state index contributed by atoms with van der Waals surface area (Å²) in [5.74, 6) is -5.99. The van der Waals surface area contributed by atoms with Crippen LogP contribution in [0.15, 0.2) is 36.4 Å². The van der Waals surface area contributed by atoms with E-state index in [9.17, 15) is 22.0 Å². The van der Waals surface area contributed by atoms with Gasteiger partial charge in [0.05, 0.1) is 12.6 Å². The summed E-state index contributed by atoms with van der Waals surface area (Å²) in [5, 5.41) is 0. The number of likely N-dealkylation sites (N-methyl/N-ethyl adjacent to an activating group) is 1. The molecule has 1 N–H and O–H groups in total. The van der Waals surface area contributed by atoms with Crippen molar-refractivity contribution in [1.29, 1.82) is 0 Å². The predicted molar refractivity (Wildman–Crippen MR) is 92.7 cm³/mol. The number of nitrogens with one attached hydrogen (secondary N) is 1. The van der Waals surface area contributed by atoms with E-state index in [2.05, 4.69) is 17.5 Å². The van der Waals surface area contributed by atoms with Gasteiger partial charge in [-0.15, -0.1) is 0 Å². The van der Waals surface area contributed by atoms with E-state index in [0.29, 0.717) is 0 Å². The molecule has 1 aliphatic rings. The van der Waals surface area contributed by atoms with Crippen LogP contribution >= 0.6 is 12.8 Å². The van der Waals surface area contributed by atoms with E-state index in [0.717, 1.165) is 6.07 Å². The SMILES string of the molecule is CN1CC(F)(F)C(NS)C1Cc1cccc(-c2cccc(F)c2F)c1F. The molecule has 2 unspecified atom stereocenters. The first-order chi connectivity index (χ1) is 12.3.